The summed E-state index contributed by atoms with van der Waals surface area (Å²) < 4.78 is 36.4. The molecule has 1 aromatic heterocycles. The molecule has 1 aliphatic carbocycles. The Morgan fingerprint density at radius 2 is 1.89 bits per heavy atom. The van der Waals surface area contributed by atoms with E-state index in [2.05, 4.69) is 28.7 Å². The van der Waals surface area contributed by atoms with Crippen LogP contribution in [0.3, 0.4) is 0 Å². The maximum absolute atomic E-state index is 12.7. The summed E-state index contributed by atoms with van der Waals surface area (Å²) in [6, 6.07) is 11.3. The van der Waals surface area contributed by atoms with Crippen molar-refractivity contribution in [3.05, 3.63) is 59.3 Å². The number of alkyl halides is 2. The third-order valence-electron chi connectivity index (χ3n) is 5.20. The fourth-order valence-electron chi connectivity index (χ4n) is 3.91. The van der Waals surface area contributed by atoms with Gasteiger partial charge in [0.1, 0.15) is 17.6 Å². The lowest BCUT2D eigenvalue weighted by atomic mass is 10.1. The van der Waals surface area contributed by atoms with Crippen LogP contribution >= 0.6 is 0 Å². The molecule has 3 aromatic rings. The fourth-order valence-corrected chi connectivity index (χ4v) is 3.91. The van der Waals surface area contributed by atoms with Gasteiger partial charge in [0.25, 0.3) is 0 Å². The number of rotatable bonds is 7. The number of ether oxygens (including phenoxy) is 2. The van der Waals surface area contributed by atoms with E-state index in [9.17, 15) is 8.78 Å². The number of likely N-dealkylation sites (N-methyl/N-ethyl adjacent to an activating group) is 1. The first kappa shape index (κ1) is 18.7. The molecule has 0 unspecified atom stereocenters. The SMILES string of the molecule is CN(C)CCc1c[nH]c2cccc(O[C@@H]3Cc4cccc(OC(F)F)c4C3)c12. The third-order valence-corrected chi connectivity index (χ3v) is 5.20. The van der Waals surface area contributed by atoms with Crippen LogP contribution in [-0.4, -0.2) is 43.2 Å². The Balaban J connectivity index is 1.57. The number of aromatic nitrogens is 1. The molecule has 0 fully saturated rings. The van der Waals surface area contributed by atoms with E-state index in [-0.39, 0.29) is 11.9 Å². The summed E-state index contributed by atoms with van der Waals surface area (Å²) in [5.41, 5.74) is 4.10. The van der Waals surface area contributed by atoms with Crippen molar-refractivity contribution in [1.82, 2.24) is 9.88 Å². The van der Waals surface area contributed by atoms with Crippen LogP contribution in [0.15, 0.2) is 42.6 Å². The van der Waals surface area contributed by atoms with E-state index in [1.807, 2.05) is 30.5 Å². The summed E-state index contributed by atoms with van der Waals surface area (Å²) in [7, 11) is 4.11. The first-order chi connectivity index (χ1) is 13.5. The number of benzene rings is 2. The van der Waals surface area contributed by atoms with Crippen LogP contribution in [0.5, 0.6) is 11.5 Å². The molecule has 0 saturated carbocycles. The highest BCUT2D eigenvalue weighted by Gasteiger charge is 2.27. The van der Waals surface area contributed by atoms with Crippen molar-refractivity contribution < 1.29 is 18.3 Å². The number of nitrogens with one attached hydrogen (secondary N) is 1. The predicted octanol–water partition coefficient (Wildman–Crippen LogP) is 4.42. The van der Waals surface area contributed by atoms with Crippen LogP contribution in [0.25, 0.3) is 10.9 Å². The Bertz CT molecular complexity index is 968. The zero-order valence-corrected chi connectivity index (χ0v) is 16.0. The third kappa shape index (κ3) is 3.83. The zero-order valence-electron chi connectivity index (χ0n) is 16.0. The van der Waals surface area contributed by atoms with Gasteiger partial charge < -0.3 is 19.4 Å². The van der Waals surface area contributed by atoms with E-state index in [1.165, 1.54) is 5.56 Å². The maximum Gasteiger partial charge on any atom is 0.387 e. The number of H-pyrrole nitrogens is 1. The van der Waals surface area contributed by atoms with Crippen LogP contribution in [0.2, 0.25) is 0 Å². The Morgan fingerprint density at radius 1 is 1.11 bits per heavy atom. The Morgan fingerprint density at radius 3 is 2.68 bits per heavy atom. The number of nitrogens with zero attached hydrogens (tertiary/aromatic N) is 1. The molecule has 6 heteroatoms. The van der Waals surface area contributed by atoms with Crippen molar-refractivity contribution in [2.24, 2.45) is 0 Å². The predicted molar refractivity (Wildman–Crippen MR) is 105 cm³/mol. The van der Waals surface area contributed by atoms with Crippen LogP contribution in [0.4, 0.5) is 8.78 Å². The molecule has 0 spiro atoms. The van der Waals surface area contributed by atoms with Crippen LogP contribution in [-0.2, 0) is 19.3 Å². The van der Waals surface area contributed by atoms with Gasteiger partial charge in [0, 0.05) is 42.0 Å². The van der Waals surface area contributed by atoms with Crippen molar-refractivity contribution >= 4 is 10.9 Å². The first-order valence-electron chi connectivity index (χ1n) is 9.47. The highest BCUT2D eigenvalue weighted by molar-refractivity contribution is 5.89. The van der Waals surface area contributed by atoms with Crippen molar-refractivity contribution in [1.29, 1.82) is 0 Å². The van der Waals surface area contributed by atoms with Crippen LogP contribution < -0.4 is 9.47 Å². The number of aromatic amines is 1. The topological polar surface area (TPSA) is 37.5 Å². The highest BCUT2D eigenvalue weighted by Crippen LogP contribution is 2.36. The summed E-state index contributed by atoms with van der Waals surface area (Å²) in [6.45, 7) is -1.87. The monoisotopic (exact) mass is 386 g/mol. The van der Waals surface area contributed by atoms with Gasteiger partial charge in [0.05, 0.1) is 0 Å². The van der Waals surface area contributed by atoms with Crippen molar-refractivity contribution in [3.8, 4) is 11.5 Å². The lowest BCUT2D eigenvalue weighted by Gasteiger charge is -2.16. The van der Waals surface area contributed by atoms with Crippen molar-refractivity contribution in [2.75, 3.05) is 20.6 Å². The van der Waals surface area contributed by atoms with Gasteiger partial charge in [-0.1, -0.05) is 18.2 Å². The average Bonchev–Trinajstić information content (AvgIpc) is 3.24. The fraction of sp³-hybridized carbons (Fsp3) is 0.364. The summed E-state index contributed by atoms with van der Waals surface area (Å²) in [6.07, 6.45) is 4.11. The van der Waals surface area contributed by atoms with Crippen LogP contribution in [0.1, 0.15) is 16.7 Å². The van der Waals surface area contributed by atoms with Gasteiger partial charge in [-0.05, 0) is 49.8 Å². The second-order valence-electron chi connectivity index (χ2n) is 7.47. The van der Waals surface area contributed by atoms with Gasteiger partial charge >= 0.3 is 6.61 Å². The molecule has 4 nitrogen and oxygen atoms in total. The molecule has 1 atom stereocenters. The molecular weight excluding hydrogens is 362 g/mol. The normalized spacial score (nSPS) is 16.1. The number of hydrogen-bond donors (Lipinski definition) is 1. The molecule has 0 bridgehead atoms. The van der Waals surface area contributed by atoms with Crippen LogP contribution in [0, 0.1) is 0 Å². The van der Waals surface area contributed by atoms with E-state index >= 15 is 0 Å². The summed E-state index contributed by atoms with van der Waals surface area (Å²) in [5, 5.41) is 1.10. The number of halogens is 2. The van der Waals surface area contributed by atoms with E-state index in [0.29, 0.717) is 12.8 Å². The van der Waals surface area contributed by atoms with Crippen molar-refractivity contribution in [3.63, 3.8) is 0 Å². The highest BCUT2D eigenvalue weighted by atomic mass is 19.3. The lowest BCUT2D eigenvalue weighted by Crippen LogP contribution is -2.17. The molecule has 1 N–H and O–H groups in total. The minimum atomic E-state index is -2.82. The minimum absolute atomic E-state index is 0.0976. The second-order valence-corrected chi connectivity index (χ2v) is 7.47. The van der Waals surface area contributed by atoms with E-state index in [0.717, 1.165) is 40.7 Å². The maximum atomic E-state index is 12.7. The number of fused-ring (bicyclic) bond motifs is 2. The molecule has 0 aliphatic heterocycles. The lowest BCUT2D eigenvalue weighted by molar-refractivity contribution is -0.0505. The minimum Gasteiger partial charge on any atom is -0.489 e. The smallest absolute Gasteiger partial charge is 0.387 e. The molecule has 1 heterocycles. The van der Waals surface area contributed by atoms with Crippen molar-refractivity contribution in [2.45, 2.75) is 32.0 Å². The molecular formula is C22H24F2N2O2. The van der Waals surface area contributed by atoms with Gasteiger partial charge in [-0.2, -0.15) is 8.78 Å². The molecule has 28 heavy (non-hydrogen) atoms. The quantitative estimate of drug-likeness (QED) is 0.653. The molecule has 2 aromatic carbocycles. The number of hydrogen-bond acceptors (Lipinski definition) is 3. The standard InChI is InChI=1S/C22H24F2N2O2/c1-26(2)10-9-15-13-25-18-6-4-8-20(21(15)18)27-16-11-14-5-3-7-19(17(14)12-16)28-22(23)24/h3-8,13,16,22,25H,9-12H2,1-2H3/t16-/m1/s1. The molecule has 1 aliphatic rings. The second kappa shape index (κ2) is 7.80. The molecule has 0 saturated heterocycles. The summed E-state index contributed by atoms with van der Waals surface area (Å²) >= 11 is 0. The Labute approximate surface area is 163 Å². The average molecular weight is 386 g/mol. The largest absolute Gasteiger partial charge is 0.489 e. The molecule has 148 valence electrons. The zero-order chi connectivity index (χ0) is 19.7. The van der Waals surface area contributed by atoms with Gasteiger partial charge in [-0.15, -0.1) is 0 Å². The van der Waals surface area contributed by atoms with Gasteiger partial charge in [0.15, 0.2) is 0 Å². The van der Waals surface area contributed by atoms with Gasteiger partial charge in [0.2, 0.25) is 0 Å². The summed E-state index contributed by atoms with van der Waals surface area (Å²) in [4.78, 5) is 5.48. The van der Waals surface area contributed by atoms with E-state index in [1.54, 1.807) is 12.1 Å². The Kier molecular flexibility index (Phi) is 5.22. The van der Waals surface area contributed by atoms with E-state index < -0.39 is 6.61 Å². The summed E-state index contributed by atoms with van der Waals surface area (Å²) in [5.74, 6) is 1.09. The first-order valence-corrected chi connectivity index (χ1v) is 9.47. The molecule has 0 radical (unpaired) electrons. The molecule has 0 amide bonds. The van der Waals surface area contributed by atoms with Gasteiger partial charge in [-0.25, -0.2) is 0 Å². The Hall–Kier alpha value is -2.60. The molecule has 4 rings (SSSR count). The van der Waals surface area contributed by atoms with E-state index in [4.69, 9.17) is 4.74 Å². The van der Waals surface area contributed by atoms with Gasteiger partial charge in [-0.3, -0.25) is 0 Å².